The molecule has 0 aliphatic carbocycles. The van der Waals surface area contributed by atoms with Crippen molar-refractivity contribution in [3.05, 3.63) is 86.0 Å². The van der Waals surface area contributed by atoms with Crippen molar-refractivity contribution in [1.82, 2.24) is 0 Å². The molecule has 0 N–H and O–H groups in total. The number of nitro benzene ring substituents is 2. The first-order chi connectivity index (χ1) is 12.9. The van der Waals surface area contributed by atoms with Gasteiger partial charge in [0.25, 0.3) is 23.2 Å². The minimum atomic E-state index is -0.857. The Labute approximate surface area is 150 Å². The van der Waals surface area contributed by atoms with E-state index >= 15 is 0 Å². The van der Waals surface area contributed by atoms with Crippen LogP contribution in [0, 0.1) is 20.2 Å². The van der Waals surface area contributed by atoms with Crippen molar-refractivity contribution in [2.45, 2.75) is 0 Å². The molecule has 1 heterocycles. The number of carbonyl (C=O) groups is 2. The molecule has 1 aliphatic heterocycles. The van der Waals surface area contributed by atoms with Crippen LogP contribution in [-0.4, -0.2) is 21.7 Å². The summed E-state index contributed by atoms with van der Waals surface area (Å²) in [5.74, 6) is -1.44. The van der Waals surface area contributed by atoms with Gasteiger partial charge in [0.1, 0.15) is 5.69 Å². The molecular weight excluding hydrogens is 354 g/mol. The van der Waals surface area contributed by atoms with Gasteiger partial charge in [0, 0.05) is 22.6 Å². The van der Waals surface area contributed by atoms with Gasteiger partial charge in [0.2, 0.25) is 0 Å². The molecule has 132 valence electrons. The van der Waals surface area contributed by atoms with Gasteiger partial charge >= 0.3 is 0 Å². The van der Waals surface area contributed by atoms with Crippen molar-refractivity contribution in [3.8, 4) is 0 Å². The highest BCUT2D eigenvalue weighted by molar-refractivity contribution is 6.36. The fraction of sp³-hybridized carbons (Fsp3) is 0. The largest absolute Gasteiger partial charge is 0.300 e. The van der Waals surface area contributed by atoms with Crippen LogP contribution in [0.2, 0.25) is 0 Å². The topological polar surface area (TPSA) is 124 Å². The summed E-state index contributed by atoms with van der Waals surface area (Å²) >= 11 is 0. The van der Waals surface area contributed by atoms with E-state index in [1.165, 1.54) is 12.1 Å². The van der Waals surface area contributed by atoms with Crippen molar-refractivity contribution in [1.29, 1.82) is 0 Å². The molecule has 0 atom stereocenters. The first-order valence-electron chi connectivity index (χ1n) is 7.73. The van der Waals surface area contributed by atoms with Crippen molar-refractivity contribution in [2.75, 3.05) is 4.90 Å². The van der Waals surface area contributed by atoms with E-state index in [1.54, 1.807) is 24.3 Å². The summed E-state index contributed by atoms with van der Waals surface area (Å²) in [4.78, 5) is 47.3. The molecule has 0 saturated carbocycles. The molecule has 0 aromatic heterocycles. The number of non-ortho nitro benzene ring substituents is 1. The smallest absolute Gasteiger partial charge is 0.268 e. The number of benzene rings is 3. The van der Waals surface area contributed by atoms with Gasteiger partial charge in [-0.15, -0.1) is 0 Å². The molecule has 3 aromatic rings. The number of hydrogen-bond acceptors (Lipinski definition) is 6. The Morgan fingerprint density at radius 3 is 1.89 bits per heavy atom. The summed E-state index contributed by atoms with van der Waals surface area (Å²) in [5.41, 5.74) is -1.06. The molecule has 0 unspecified atom stereocenters. The normalized spacial score (nSPS) is 13.1. The van der Waals surface area contributed by atoms with Gasteiger partial charge in [-0.3, -0.25) is 29.8 Å². The number of imide groups is 1. The molecule has 0 spiro atoms. The molecule has 0 fully saturated rings. The number of rotatable bonds is 3. The van der Waals surface area contributed by atoms with Crippen LogP contribution in [-0.2, 0) is 0 Å². The average molecular weight is 363 g/mol. The van der Waals surface area contributed by atoms with Crippen LogP contribution >= 0.6 is 0 Å². The Morgan fingerprint density at radius 2 is 1.37 bits per heavy atom. The van der Waals surface area contributed by atoms with Crippen LogP contribution in [0.5, 0.6) is 0 Å². The third-order valence-corrected chi connectivity index (χ3v) is 4.38. The van der Waals surface area contributed by atoms with Crippen molar-refractivity contribution < 1.29 is 19.4 Å². The Kier molecular flexibility index (Phi) is 3.45. The third-order valence-electron chi connectivity index (χ3n) is 4.38. The molecule has 1 aliphatic rings. The summed E-state index contributed by atoms with van der Waals surface area (Å²) < 4.78 is 0. The predicted octanol–water partition coefficient (Wildman–Crippen LogP) is 3.46. The summed E-state index contributed by atoms with van der Waals surface area (Å²) in [5, 5.41) is 23.5. The first-order valence-corrected chi connectivity index (χ1v) is 7.73. The number of nitro groups is 2. The lowest BCUT2D eigenvalue weighted by molar-refractivity contribution is -0.393. The SMILES string of the molecule is O=C1c2cccc3cccc(c23)C(=O)N1c1ccc([N+](=O)[O-])cc1[N+](=O)[O-]. The summed E-state index contributed by atoms with van der Waals surface area (Å²) in [7, 11) is 0. The minimum absolute atomic E-state index is 0.232. The minimum Gasteiger partial charge on any atom is -0.268 e. The molecule has 3 aromatic carbocycles. The van der Waals surface area contributed by atoms with E-state index in [4.69, 9.17) is 0 Å². The van der Waals surface area contributed by atoms with Crippen molar-refractivity contribution in [2.24, 2.45) is 0 Å². The molecule has 4 rings (SSSR count). The zero-order valence-corrected chi connectivity index (χ0v) is 13.5. The highest BCUT2D eigenvalue weighted by Crippen LogP contribution is 2.38. The summed E-state index contributed by atoms with van der Waals surface area (Å²) in [6.45, 7) is 0. The van der Waals surface area contributed by atoms with Gasteiger partial charge in [-0.05, 0) is 23.6 Å². The fourth-order valence-electron chi connectivity index (χ4n) is 3.21. The van der Waals surface area contributed by atoms with E-state index in [9.17, 15) is 29.8 Å². The van der Waals surface area contributed by atoms with E-state index in [1.807, 2.05) is 0 Å². The van der Waals surface area contributed by atoms with Gasteiger partial charge < -0.3 is 0 Å². The molecule has 0 bridgehead atoms. The highest BCUT2D eigenvalue weighted by Gasteiger charge is 2.37. The fourth-order valence-corrected chi connectivity index (χ4v) is 3.21. The van der Waals surface area contributed by atoms with E-state index in [2.05, 4.69) is 0 Å². The van der Waals surface area contributed by atoms with Crippen LogP contribution in [0.15, 0.2) is 54.6 Å². The number of nitrogens with zero attached hydrogens (tertiary/aromatic N) is 3. The molecule has 27 heavy (non-hydrogen) atoms. The highest BCUT2D eigenvalue weighted by atomic mass is 16.6. The Hall–Kier alpha value is -4.14. The van der Waals surface area contributed by atoms with Gasteiger partial charge in [-0.25, -0.2) is 4.90 Å². The molecular formula is C18H9N3O6. The summed E-state index contributed by atoms with van der Waals surface area (Å²) in [6.07, 6.45) is 0. The quantitative estimate of drug-likeness (QED) is 0.399. The average Bonchev–Trinajstić information content (AvgIpc) is 2.66. The maximum atomic E-state index is 13.0. The van der Waals surface area contributed by atoms with Gasteiger partial charge in [0.15, 0.2) is 0 Å². The maximum absolute atomic E-state index is 13.0. The van der Waals surface area contributed by atoms with Crippen LogP contribution in [0.3, 0.4) is 0 Å². The van der Waals surface area contributed by atoms with Crippen molar-refractivity contribution >= 4 is 39.6 Å². The number of anilines is 1. The molecule has 9 nitrogen and oxygen atoms in total. The summed E-state index contributed by atoms with van der Waals surface area (Å²) in [6, 6.07) is 12.7. The lowest BCUT2D eigenvalue weighted by Gasteiger charge is -2.26. The van der Waals surface area contributed by atoms with Crippen LogP contribution < -0.4 is 4.90 Å². The second kappa shape index (κ2) is 5.70. The molecule has 9 heteroatoms. The Bertz CT molecular complexity index is 1140. The van der Waals surface area contributed by atoms with E-state index in [0.717, 1.165) is 18.2 Å². The Balaban J connectivity index is 1.97. The predicted molar refractivity (Wildman–Crippen MR) is 94.8 cm³/mol. The third kappa shape index (κ3) is 2.33. The van der Waals surface area contributed by atoms with Crippen LogP contribution in [0.4, 0.5) is 17.1 Å². The van der Waals surface area contributed by atoms with Gasteiger partial charge in [0.05, 0.1) is 15.9 Å². The zero-order chi connectivity index (χ0) is 19.3. The number of hydrogen-bond donors (Lipinski definition) is 0. The zero-order valence-electron chi connectivity index (χ0n) is 13.5. The second-order valence-corrected chi connectivity index (χ2v) is 5.84. The first kappa shape index (κ1) is 16.3. The van der Waals surface area contributed by atoms with Gasteiger partial charge in [-0.2, -0.15) is 0 Å². The second-order valence-electron chi connectivity index (χ2n) is 5.84. The van der Waals surface area contributed by atoms with Crippen LogP contribution in [0.1, 0.15) is 20.7 Å². The molecule has 2 amide bonds. The molecule has 0 radical (unpaired) electrons. The number of carbonyl (C=O) groups excluding carboxylic acids is 2. The standard InChI is InChI=1S/C18H9N3O6/c22-17-12-5-1-3-10-4-2-6-13(16(10)12)18(23)19(17)14-8-7-11(20(24)25)9-15(14)21(26)27/h1-9H. The van der Waals surface area contributed by atoms with Crippen LogP contribution in [0.25, 0.3) is 10.8 Å². The monoisotopic (exact) mass is 363 g/mol. The lowest BCUT2D eigenvalue weighted by Crippen LogP contribution is -2.40. The van der Waals surface area contributed by atoms with E-state index in [0.29, 0.717) is 15.7 Å². The molecule has 0 saturated heterocycles. The lowest BCUT2D eigenvalue weighted by atomic mass is 9.93. The van der Waals surface area contributed by atoms with E-state index in [-0.39, 0.29) is 16.8 Å². The van der Waals surface area contributed by atoms with Gasteiger partial charge in [-0.1, -0.05) is 24.3 Å². The van der Waals surface area contributed by atoms with E-state index < -0.39 is 33.0 Å². The maximum Gasteiger partial charge on any atom is 0.300 e. The Morgan fingerprint density at radius 1 is 0.778 bits per heavy atom. The van der Waals surface area contributed by atoms with Crippen molar-refractivity contribution in [3.63, 3.8) is 0 Å². The number of amides is 2.